The van der Waals surface area contributed by atoms with E-state index in [9.17, 15) is 9.90 Å². The number of carboxylic acids is 1. The molecule has 0 bridgehead atoms. The molecule has 0 amide bonds. The zero-order chi connectivity index (χ0) is 20.6. The summed E-state index contributed by atoms with van der Waals surface area (Å²) in [6.45, 7) is 4.96. The number of carboxylic acid groups (broad SMARTS) is 1. The van der Waals surface area contributed by atoms with Crippen LogP contribution in [0.2, 0.25) is 0 Å². The van der Waals surface area contributed by atoms with Crippen molar-refractivity contribution in [2.45, 2.75) is 26.2 Å². The Morgan fingerprint density at radius 3 is 2.28 bits per heavy atom. The van der Waals surface area contributed by atoms with Gasteiger partial charge in [0.15, 0.2) is 0 Å². The summed E-state index contributed by atoms with van der Waals surface area (Å²) in [6.07, 6.45) is 0.440. The van der Waals surface area contributed by atoms with Gasteiger partial charge in [-0.15, -0.1) is 0 Å². The van der Waals surface area contributed by atoms with Crippen molar-refractivity contribution in [3.63, 3.8) is 0 Å². The van der Waals surface area contributed by atoms with Gasteiger partial charge in [0.05, 0.1) is 5.92 Å². The number of hydrogen-bond donors (Lipinski definition) is 1. The largest absolute Gasteiger partial charge is 0.490 e. The van der Waals surface area contributed by atoms with Crippen molar-refractivity contribution in [3.8, 4) is 11.5 Å². The van der Waals surface area contributed by atoms with E-state index < -0.39 is 11.9 Å². The smallest absolute Gasteiger partial charge is 0.311 e. The summed E-state index contributed by atoms with van der Waals surface area (Å²) in [5.74, 6) is 0.239. The van der Waals surface area contributed by atoms with Crippen molar-refractivity contribution < 1.29 is 19.4 Å². The molecule has 4 heteroatoms. The van der Waals surface area contributed by atoms with Crippen LogP contribution in [0.5, 0.6) is 11.5 Å². The molecule has 0 radical (unpaired) electrons. The Morgan fingerprint density at radius 2 is 1.59 bits per heavy atom. The highest BCUT2D eigenvalue weighted by atomic mass is 16.5. The van der Waals surface area contributed by atoms with E-state index in [-0.39, 0.29) is 0 Å². The molecular weight excluding hydrogens is 364 g/mol. The average Bonchev–Trinajstić information content (AvgIpc) is 2.73. The molecule has 0 fully saturated rings. The number of aryl methyl sites for hydroxylation is 2. The summed E-state index contributed by atoms with van der Waals surface area (Å²) < 4.78 is 11.5. The highest BCUT2D eigenvalue weighted by Gasteiger charge is 2.20. The number of carbonyl (C=O) groups is 1. The highest BCUT2D eigenvalue weighted by molar-refractivity contribution is 5.76. The summed E-state index contributed by atoms with van der Waals surface area (Å²) in [6, 6.07) is 23.0. The van der Waals surface area contributed by atoms with Crippen LogP contribution >= 0.6 is 0 Å². The summed E-state index contributed by atoms with van der Waals surface area (Å²) in [5.41, 5.74) is 4.03. The maximum atomic E-state index is 11.7. The van der Waals surface area contributed by atoms with Crippen LogP contribution in [0, 0.1) is 13.8 Å². The van der Waals surface area contributed by atoms with Crippen LogP contribution in [-0.2, 0) is 11.2 Å². The molecule has 29 heavy (non-hydrogen) atoms. The first-order chi connectivity index (χ1) is 14.0. The van der Waals surface area contributed by atoms with Crippen LogP contribution in [0.3, 0.4) is 0 Å². The Balaban J connectivity index is 1.52. The number of rotatable bonds is 9. The van der Waals surface area contributed by atoms with Crippen LogP contribution in [0.25, 0.3) is 0 Å². The van der Waals surface area contributed by atoms with Crippen molar-refractivity contribution in [1.29, 1.82) is 0 Å². The molecule has 0 aliphatic rings. The molecule has 1 N–H and O–H groups in total. The van der Waals surface area contributed by atoms with Gasteiger partial charge in [-0.05, 0) is 60.7 Å². The molecule has 1 atom stereocenters. The first-order valence-corrected chi connectivity index (χ1v) is 9.72. The van der Waals surface area contributed by atoms with Crippen molar-refractivity contribution >= 4 is 5.97 Å². The molecule has 0 aliphatic heterocycles. The molecule has 0 saturated carbocycles. The Kier molecular flexibility index (Phi) is 6.90. The SMILES string of the molecule is Cc1ccc(C)c(OCCOc2ccc(CC(C(=O)O)c3ccccc3)cc2)c1. The molecule has 0 spiro atoms. The fourth-order valence-corrected chi connectivity index (χ4v) is 3.16. The Labute approximate surface area is 171 Å². The normalized spacial score (nSPS) is 11.7. The third-order valence-electron chi connectivity index (χ3n) is 4.82. The van der Waals surface area contributed by atoms with Crippen molar-refractivity contribution in [2.75, 3.05) is 13.2 Å². The maximum absolute atomic E-state index is 11.7. The van der Waals surface area contributed by atoms with Crippen LogP contribution in [-0.4, -0.2) is 24.3 Å². The predicted molar refractivity (Wildman–Crippen MR) is 114 cm³/mol. The molecule has 150 valence electrons. The van der Waals surface area contributed by atoms with E-state index in [4.69, 9.17) is 9.47 Å². The van der Waals surface area contributed by atoms with Gasteiger partial charge in [0.1, 0.15) is 24.7 Å². The molecule has 3 aromatic carbocycles. The molecule has 0 aliphatic carbocycles. The van der Waals surface area contributed by atoms with Gasteiger partial charge >= 0.3 is 5.97 Å². The lowest BCUT2D eigenvalue weighted by atomic mass is 9.92. The zero-order valence-corrected chi connectivity index (χ0v) is 16.8. The molecule has 0 aromatic heterocycles. The second-order valence-corrected chi connectivity index (χ2v) is 7.12. The van der Waals surface area contributed by atoms with Crippen molar-refractivity contribution in [3.05, 3.63) is 95.1 Å². The van der Waals surface area contributed by atoms with Gasteiger partial charge in [-0.1, -0.05) is 54.6 Å². The van der Waals surface area contributed by atoms with Crippen LogP contribution in [0.1, 0.15) is 28.2 Å². The van der Waals surface area contributed by atoms with E-state index in [1.54, 1.807) is 0 Å². The third kappa shape index (κ3) is 5.85. The molecule has 4 nitrogen and oxygen atoms in total. The quantitative estimate of drug-likeness (QED) is 0.512. The van der Waals surface area contributed by atoms with Gasteiger partial charge in [-0.25, -0.2) is 0 Å². The third-order valence-corrected chi connectivity index (χ3v) is 4.82. The van der Waals surface area contributed by atoms with Crippen molar-refractivity contribution in [2.24, 2.45) is 0 Å². The van der Waals surface area contributed by atoms with Gasteiger partial charge in [-0.3, -0.25) is 4.79 Å². The summed E-state index contributed by atoms with van der Waals surface area (Å²) in [7, 11) is 0. The number of aliphatic carboxylic acids is 1. The van der Waals surface area contributed by atoms with E-state index in [2.05, 4.69) is 6.07 Å². The predicted octanol–water partition coefficient (Wildman–Crippen LogP) is 5.17. The van der Waals surface area contributed by atoms with E-state index in [1.807, 2.05) is 80.6 Å². The summed E-state index contributed by atoms with van der Waals surface area (Å²) in [5, 5.41) is 9.58. The van der Waals surface area contributed by atoms with Crippen LogP contribution < -0.4 is 9.47 Å². The van der Waals surface area contributed by atoms with Gasteiger partial charge in [0.2, 0.25) is 0 Å². The number of ether oxygens (including phenoxy) is 2. The van der Waals surface area contributed by atoms with Gasteiger partial charge < -0.3 is 14.6 Å². The van der Waals surface area contributed by atoms with E-state index in [0.717, 1.165) is 33.8 Å². The summed E-state index contributed by atoms with van der Waals surface area (Å²) in [4.78, 5) is 11.7. The Morgan fingerprint density at radius 1 is 0.897 bits per heavy atom. The monoisotopic (exact) mass is 390 g/mol. The highest BCUT2D eigenvalue weighted by Crippen LogP contribution is 2.23. The molecule has 3 aromatic rings. The first-order valence-electron chi connectivity index (χ1n) is 9.72. The van der Waals surface area contributed by atoms with Crippen LogP contribution in [0.4, 0.5) is 0 Å². The molecule has 0 heterocycles. The molecule has 1 unspecified atom stereocenters. The van der Waals surface area contributed by atoms with Crippen LogP contribution in [0.15, 0.2) is 72.8 Å². The average molecular weight is 390 g/mol. The van der Waals surface area contributed by atoms with Gasteiger partial charge in [0, 0.05) is 0 Å². The Hall–Kier alpha value is -3.27. The number of hydrogen-bond acceptors (Lipinski definition) is 3. The van der Waals surface area contributed by atoms with Gasteiger partial charge in [-0.2, -0.15) is 0 Å². The minimum absolute atomic E-state index is 0.439. The molecule has 0 saturated heterocycles. The summed E-state index contributed by atoms with van der Waals surface area (Å²) >= 11 is 0. The second kappa shape index (κ2) is 9.78. The lowest BCUT2D eigenvalue weighted by Gasteiger charge is -2.14. The fraction of sp³-hybridized carbons (Fsp3) is 0.240. The van der Waals surface area contributed by atoms with E-state index >= 15 is 0 Å². The topological polar surface area (TPSA) is 55.8 Å². The van der Waals surface area contributed by atoms with Crippen molar-refractivity contribution in [1.82, 2.24) is 0 Å². The molecule has 3 rings (SSSR count). The van der Waals surface area contributed by atoms with E-state index in [0.29, 0.717) is 19.6 Å². The minimum Gasteiger partial charge on any atom is -0.490 e. The maximum Gasteiger partial charge on any atom is 0.311 e. The number of benzene rings is 3. The fourth-order valence-electron chi connectivity index (χ4n) is 3.16. The van der Waals surface area contributed by atoms with Gasteiger partial charge in [0.25, 0.3) is 0 Å². The standard InChI is InChI=1S/C25H26O4/c1-18-8-9-19(2)24(16-18)29-15-14-28-22-12-10-20(11-13-22)17-23(25(26)27)21-6-4-3-5-7-21/h3-13,16,23H,14-15,17H2,1-2H3,(H,26,27). The second-order valence-electron chi connectivity index (χ2n) is 7.12. The van der Waals surface area contributed by atoms with E-state index in [1.165, 1.54) is 0 Å². The lowest BCUT2D eigenvalue weighted by Crippen LogP contribution is -2.14. The Bertz CT molecular complexity index is 933. The minimum atomic E-state index is -0.819. The lowest BCUT2D eigenvalue weighted by molar-refractivity contribution is -0.138. The first kappa shape index (κ1) is 20.5. The molecular formula is C25H26O4. The zero-order valence-electron chi connectivity index (χ0n) is 16.8.